The molecular formula is C19H24Cl2N2O. The Bertz CT molecular complexity index is 639. The second kappa shape index (κ2) is 9.55. The molecule has 0 aromatic heterocycles. The van der Waals surface area contributed by atoms with E-state index in [1.807, 2.05) is 48.5 Å². The zero-order valence-corrected chi connectivity index (χ0v) is 15.5. The summed E-state index contributed by atoms with van der Waals surface area (Å²) in [4.78, 5) is 12.4. The van der Waals surface area contributed by atoms with E-state index in [0.29, 0.717) is 23.0 Å². The number of carbonyl (C=O) groups excluding carboxylic acids is 1. The lowest BCUT2D eigenvalue weighted by Gasteiger charge is -2.21. The quantitative estimate of drug-likeness (QED) is 0.722. The Kier molecular flexibility index (Phi) is 8.09. The van der Waals surface area contributed by atoms with Crippen LogP contribution in [0.3, 0.4) is 0 Å². The van der Waals surface area contributed by atoms with Crippen molar-refractivity contribution in [3.05, 3.63) is 64.7 Å². The van der Waals surface area contributed by atoms with E-state index < -0.39 is 0 Å². The fraction of sp³-hybridized carbons (Fsp3) is 0.316. The molecule has 0 aliphatic rings. The van der Waals surface area contributed by atoms with Crippen molar-refractivity contribution in [2.45, 2.75) is 32.7 Å². The Balaban J connectivity index is 0.00000288. The lowest BCUT2D eigenvalue weighted by Crippen LogP contribution is -2.30. The van der Waals surface area contributed by atoms with Crippen molar-refractivity contribution in [3.8, 4) is 0 Å². The van der Waals surface area contributed by atoms with Crippen molar-refractivity contribution in [2.75, 3.05) is 5.73 Å². The highest BCUT2D eigenvalue weighted by molar-refractivity contribution is 6.30. The Morgan fingerprint density at radius 2 is 1.67 bits per heavy atom. The summed E-state index contributed by atoms with van der Waals surface area (Å²) in [5.41, 5.74) is 8.40. The van der Waals surface area contributed by atoms with Gasteiger partial charge >= 0.3 is 0 Å². The molecule has 5 heteroatoms. The van der Waals surface area contributed by atoms with Crippen LogP contribution in [-0.4, -0.2) is 5.91 Å². The molecule has 0 fully saturated rings. The molecule has 2 aromatic rings. The molecule has 2 aromatic carbocycles. The smallest absolute Gasteiger partial charge is 0.224 e. The molecule has 0 bridgehead atoms. The monoisotopic (exact) mass is 366 g/mol. The average molecular weight is 367 g/mol. The summed E-state index contributed by atoms with van der Waals surface area (Å²) >= 11 is 5.95. The van der Waals surface area contributed by atoms with Crippen LogP contribution in [0.1, 0.15) is 37.4 Å². The maximum absolute atomic E-state index is 12.4. The van der Waals surface area contributed by atoms with Crippen LogP contribution < -0.4 is 11.1 Å². The van der Waals surface area contributed by atoms with Crippen LogP contribution in [0.2, 0.25) is 5.02 Å². The molecule has 1 atom stereocenters. The van der Waals surface area contributed by atoms with Crippen LogP contribution in [-0.2, 0) is 11.2 Å². The highest BCUT2D eigenvalue weighted by Crippen LogP contribution is 2.23. The lowest BCUT2D eigenvalue weighted by molar-refractivity contribution is -0.121. The zero-order valence-electron chi connectivity index (χ0n) is 14.0. The number of halogens is 2. The van der Waals surface area contributed by atoms with Gasteiger partial charge in [-0.2, -0.15) is 0 Å². The molecule has 0 aliphatic heterocycles. The number of nitrogens with one attached hydrogen (secondary N) is 1. The van der Waals surface area contributed by atoms with Gasteiger partial charge in [-0.05, 0) is 47.7 Å². The fourth-order valence-electron chi connectivity index (χ4n) is 2.51. The predicted octanol–water partition coefficient (Wildman–Crippen LogP) is 4.79. The SMILES string of the molecule is CC(C)CC(NC(=O)Cc1ccc(N)cc1)c1ccc(Cl)cc1.Cl. The van der Waals surface area contributed by atoms with Gasteiger partial charge in [0.15, 0.2) is 0 Å². The van der Waals surface area contributed by atoms with E-state index in [0.717, 1.165) is 17.5 Å². The second-order valence-corrected chi connectivity index (χ2v) is 6.66. The Hall–Kier alpha value is -1.71. The summed E-state index contributed by atoms with van der Waals surface area (Å²) in [7, 11) is 0. The number of benzene rings is 2. The molecule has 3 N–H and O–H groups in total. The molecular weight excluding hydrogens is 343 g/mol. The molecule has 0 spiro atoms. The predicted molar refractivity (Wildman–Crippen MR) is 104 cm³/mol. The molecule has 0 saturated heterocycles. The first-order chi connectivity index (χ1) is 10.9. The normalized spacial score (nSPS) is 11.7. The van der Waals surface area contributed by atoms with Crippen molar-refractivity contribution in [1.29, 1.82) is 0 Å². The maximum atomic E-state index is 12.4. The van der Waals surface area contributed by atoms with E-state index in [1.54, 1.807) is 0 Å². The average Bonchev–Trinajstić information content (AvgIpc) is 2.49. The summed E-state index contributed by atoms with van der Waals surface area (Å²) in [6.07, 6.45) is 1.23. The molecule has 3 nitrogen and oxygen atoms in total. The van der Waals surface area contributed by atoms with Gasteiger partial charge in [-0.15, -0.1) is 12.4 Å². The maximum Gasteiger partial charge on any atom is 0.224 e. The van der Waals surface area contributed by atoms with Gasteiger partial charge < -0.3 is 11.1 Å². The summed E-state index contributed by atoms with van der Waals surface area (Å²) < 4.78 is 0. The molecule has 0 aliphatic carbocycles. The van der Waals surface area contributed by atoms with Crippen molar-refractivity contribution < 1.29 is 4.79 Å². The molecule has 24 heavy (non-hydrogen) atoms. The van der Waals surface area contributed by atoms with Gasteiger partial charge in [-0.3, -0.25) is 4.79 Å². The zero-order chi connectivity index (χ0) is 16.8. The van der Waals surface area contributed by atoms with Crippen molar-refractivity contribution in [1.82, 2.24) is 5.32 Å². The minimum Gasteiger partial charge on any atom is -0.399 e. The molecule has 130 valence electrons. The minimum absolute atomic E-state index is 0. The van der Waals surface area contributed by atoms with Crippen LogP contribution in [0, 0.1) is 5.92 Å². The number of carbonyl (C=O) groups is 1. The highest BCUT2D eigenvalue weighted by atomic mass is 35.5. The van der Waals surface area contributed by atoms with E-state index >= 15 is 0 Å². The van der Waals surface area contributed by atoms with Gasteiger partial charge in [0, 0.05) is 10.7 Å². The third-order valence-electron chi connectivity index (χ3n) is 3.66. The number of anilines is 1. The first-order valence-electron chi connectivity index (χ1n) is 7.83. The number of rotatable bonds is 6. The van der Waals surface area contributed by atoms with Gasteiger partial charge in [0.2, 0.25) is 5.91 Å². The number of nitrogen functional groups attached to an aromatic ring is 1. The lowest BCUT2D eigenvalue weighted by atomic mass is 9.96. The van der Waals surface area contributed by atoms with Crippen LogP contribution in [0.5, 0.6) is 0 Å². The van der Waals surface area contributed by atoms with Crippen LogP contribution >= 0.6 is 24.0 Å². The third kappa shape index (κ3) is 6.42. The number of nitrogens with two attached hydrogens (primary N) is 1. The van der Waals surface area contributed by atoms with Crippen molar-refractivity contribution in [2.24, 2.45) is 5.92 Å². The summed E-state index contributed by atoms with van der Waals surface area (Å²) in [5.74, 6) is 0.489. The summed E-state index contributed by atoms with van der Waals surface area (Å²) in [6, 6.07) is 15.0. The van der Waals surface area contributed by atoms with Gasteiger partial charge in [-0.1, -0.05) is 49.7 Å². The Morgan fingerprint density at radius 3 is 2.21 bits per heavy atom. The van der Waals surface area contributed by atoms with Crippen LogP contribution in [0.15, 0.2) is 48.5 Å². The van der Waals surface area contributed by atoms with Gasteiger partial charge in [-0.25, -0.2) is 0 Å². The van der Waals surface area contributed by atoms with Crippen molar-refractivity contribution in [3.63, 3.8) is 0 Å². The standard InChI is InChI=1S/C19H23ClN2O.ClH/c1-13(2)11-18(15-5-7-16(20)8-6-15)22-19(23)12-14-3-9-17(21)10-4-14;/h3-10,13,18H,11-12,21H2,1-2H3,(H,22,23);1H. The molecule has 1 amide bonds. The van der Waals surface area contributed by atoms with Gasteiger partial charge in [0.05, 0.1) is 12.5 Å². The van der Waals surface area contributed by atoms with E-state index in [2.05, 4.69) is 19.2 Å². The summed E-state index contributed by atoms with van der Waals surface area (Å²) in [5, 5.41) is 3.83. The van der Waals surface area contributed by atoms with Crippen LogP contribution in [0.4, 0.5) is 5.69 Å². The third-order valence-corrected chi connectivity index (χ3v) is 3.91. The van der Waals surface area contributed by atoms with E-state index in [4.69, 9.17) is 17.3 Å². The van der Waals surface area contributed by atoms with Crippen LogP contribution in [0.25, 0.3) is 0 Å². The minimum atomic E-state index is -0.00597. The number of hydrogen-bond donors (Lipinski definition) is 2. The van der Waals surface area contributed by atoms with Gasteiger partial charge in [0.25, 0.3) is 0 Å². The second-order valence-electron chi connectivity index (χ2n) is 6.22. The van der Waals surface area contributed by atoms with E-state index in [-0.39, 0.29) is 24.4 Å². The topological polar surface area (TPSA) is 55.1 Å². The fourth-order valence-corrected chi connectivity index (χ4v) is 2.64. The molecule has 2 rings (SSSR count). The molecule has 0 saturated carbocycles. The molecule has 0 heterocycles. The Morgan fingerprint density at radius 1 is 1.08 bits per heavy atom. The number of amides is 1. The van der Waals surface area contributed by atoms with Crippen molar-refractivity contribution >= 4 is 35.6 Å². The molecule has 0 radical (unpaired) electrons. The first kappa shape index (κ1) is 20.3. The molecule has 1 unspecified atom stereocenters. The first-order valence-corrected chi connectivity index (χ1v) is 8.21. The van der Waals surface area contributed by atoms with Gasteiger partial charge in [0.1, 0.15) is 0 Å². The largest absolute Gasteiger partial charge is 0.399 e. The summed E-state index contributed by atoms with van der Waals surface area (Å²) in [6.45, 7) is 4.30. The number of hydrogen-bond acceptors (Lipinski definition) is 2. The Labute approximate surface area is 155 Å². The highest BCUT2D eigenvalue weighted by Gasteiger charge is 2.16. The van der Waals surface area contributed by atoms with E-state index in [1.165, 1.54) is 0 Å². The van der Waals surface area contributed by atoms with E-state index in [9.17, 15) is 4.79 Å².